The van der Waals surface area contributed by atoms with Gasteiger partial charge in [-0.1, -0.05) is 31.2 Å². The Morgan fingerprint density at radius 3 is 2.71 bits per heavy atom. The lowest BCUT2D eigenvalue weighted by Crippen LogP contribution is -2.01. The third kappa shape index (κ3) is 3.00. The summed E-state index contributed by atoms with van der Waals surface area (Å²) in [6.07, 6.45) is 3.22. The number of rotatable bonds is 6. The number of H-pyrrole nitrogens is 1. The first-order valence-electron chi connectivity index (χ1n) is 7.23. The van der Waals surface area contributed by atoms with Gasteiger partial charge in [-0.25, -0.2) is 0 Å². The SMILES string of the molecule is CC=C(CC(=O)O)c1[nH]c2c(CC)cccc2c1CCO. The van der Waals surface area contributed by atoms with E-state index >= 15 is 0 Å². The Bertz CT molecular complexity index is 683. The van der Waals surface area contributed by atoms with Crippen molar-refractivity contribution in [2.75, 3.05) is 6.61 Å². The van der Waals surface area contributed by atoms with Crippen molar-refractivity contribution in [2.45, 2.75) is 33.1 Å². The fraction of sp³-hybridized carbons (Fsp3) is 0.353. The topological polar surface area (TPSA) is 73.3 Å². The van der Waals surface area contributed by atoms with Crippen molar-refractivity contribution in [3.05, 3.63) is 41.1 Å². The van der Waals surface area contributed by atoms with Crippen LogP contribution in [0.2, 0.25) is 0 Å². The minimum absolute atomic E-state index is 0.0246. The van der Waals surface area contributed by atoms with Gasteiger partial charge >= 0.3 is 5.97 Å². The predicted octanol–water partition coefficient (Wildman–Crippen LogP) is 3.14. The summed E-state index contributed by atoms with van der Waals surface area (Å²) in [4.78, 5) is 14.4. The summed E-state index contributed by atoms with van der Waals surface area (Å²) in [5.74, 6) is -0.854. The molecule has 112 valence electrons. The van der Waals surface area contributed by atoms with Crippen molar-refractivity contribution >= 4 is 22.4 Å². The van der Waals surface area contributed by atoms with Crippen molar-refractivity contribution in [1.82, 2.24) is 4.98 Å². The van der Waals surface area contributed by atoms with Crippen molar-refractivity contribution in [3.63, 3.8) is 0 Å². The molecule has 0 amide bonds. The molecule has 1 aromatic heterocycles. The average Bonchev–Trinajstić information content (AvgIpc) is 2.83. The number of fused-ring (bicyclic) bond motifs is 1. The standard InChI is InChI=1S/C17H21NO3/c1-3-11-6-5-7-13-14(8-9-19)17(18-16(11)13)12(4-2)10-15(20)21/h4-7,18-19H,3,8-10H2,1-2H3,(H,20,21). The second-order valence-electron chi connectivity index (χ2n) is 5.03. The molecule has 2 aromatic rings. The molecule has 4 heteroatoms. The minimum Gasteiger partial charge on any atom is -0.481 e. The summed E-state index contributed by atoms with van der Waals surface area (Å²) in [7, 11) is 0. The van der Waals surface area contributed by atoms with Crippen LogP contribution in [-0.2, 0) is 17.6 Å². The Morgan fingerprint density at radius 2 is 2.14 bits per heavy atom. The third-order valence-electron chi connectivity index (χ3n) is 3.78. The monoisotopic (exact) mass is 287 g/mol. The second kappa shape index (κ2) is 6.59. The van der Waals surface area contributed by atoms with Crippen LogP contribution in [0.25, 0.3) is 16.5 Å². The molecular formula is C17H21NO3. The number of aromatic nitrogens is 1. The summed E-state index contributed by atoms with van der Waals surface area (Å²) in [5.41, 5.74) is 4.83. The normalized spacial score (nSPS) is 12.0. The molecule has 0 radical (unpaired) electrons. The molecule has 2 rings (SSSR count). The molecule has 0 atom stereocenters. The number of carboxylic acids is 1. The number of aliphatic hydroxyl groups excluding tert-OH is 1. The molecule has 0 fully saturated rings. The number of hydrogen-bond donors (Lipinski definition) is 3. The molecule has 1 heterocycles. The van der Waals surface area contributed by atoms with Crippen LogP contribution < -0.4 is 0 Å². The van der Waals surface area contributed by atoms with E-state index in [9.17, 15) is 9.90 Å². The Balaban J connectivity index is 2.66. The molecule has 0 aliphatic heterocycles. The zero-order chi connectivity index (χ0) is 15.4. The highest BCUT2D eigenvalue weighted by Gasteiger charge is 2.17. The Kier molecular flexibility index (Phi) is 4.81. The number of carboxylic acid groups (broad SMARTS) is 1. The fourth-order valence-corrected chi connectivity index (χ4v) is 2.77. The molecule has 0 saturated carbocycles. The Labute approximate surface area is 124 Å². The van der Waals surface area contributed by atoms with Crippen molar-refractivity contribution in [3.8, 4) is 0 Å². The lowest BCUT2D eigenvalue weighted by atomic mass is 10.00. The first kappa shape index (κ1) is 15.3. The Hall–Kier alpha value is -2.07. The van der Waals surface area contributed by atoms with Gasteiger partial charge in [0.15, 0.2) is 0 Å². The number of para-hydroxylation sites is 1. The van der Waals surface area contributed by atoms with Crippen LogP contribution >= 0.6 is 0 Å². The quantitative estimate of drug-likeness (QED) is 0.764. The van der Waals surface area contributed by atoms with Crippen LogP contribution in [0.1, 0.15) is 37.1 Å². The zero-order valence-corrected chi connectivity index (χ0v) is 12.4. The third-order valence-corrected chi connectivity index (χ3v) is 3.78. The van der Waals surface area contributed by atoms with Gasteiger partial charge in [0.05, 0.1) is 6.42 Å². The molecule has 3 N–H and O–H groups in total. The first-order valence-corrected chi connectivity index (χ1v) is 7.23. The van der Waals surface area contributed by atoms with Crippen LogP contribution in [0.15, 0.2) is 24.3 Å². The van der Waals surface area contributed by atoms with Crippen LogP contribution in [0, 0.1) is 0 Å². The smallest absolute Gasteiger partial charge is 0.307 e. The number of hydrogen-bond acceptors (Lipinski definition) is 2. The molecule has 4 nitrogen and oxygen atoms in total. The van der Waals surface area contributed by atoms with Gasteiger partial charge in [-0.3, -0.25) is 4.79 Å². The largest absolute Gasteiger partial charge is 0.481 e. The number of aliphatic carboxylic acids is 1. The van der Waals surface area contributed by atoms with Gasteiger partial charge in [0, 0.05) is 23.2 Å². The number of benzene rings is 1. The van der Waals surface area contributed by atoms with E-state index < -0.39 is 5.97 Å². The molecule has 21 heavy (non-hydrogen) atoms. The molecule has 0 aliphatic rings. The highest BCUT2D eigenvalue weighted by atomic mass is 16.4. The highest BCUT2D eigenvalue weighted by Crippen LogP contribution is 2.31. The maximum Gasteiger partial charge on any atom is 0.307 e. The van der Waals surface area contributed by atoms with E-state index in [1.165, 1.54) is 5.56 Å². The number of carbonyl (C=O) groups is 1. The summed E-state index contributed by atoms with van der Waals surface area (Å²) in [5, 5.41) is 19.5. The van der Waals surface area contributed by atoms with E-state index in [2.05, 4.69) is 18.0 Å². The number of aromatic amines is 1. The lowest BCUT2D eigenvalue weighted by Gasteiger charge is -2.06. The Morgan fingerprint density at radius 1 is 1.38 bits per heavy atom. The van der Waals surface area contributed by atoms with Gasteiger partial charge in [-0.2, -0.15) is 0 Å². The van der Waals surface area contributed by atoms with E-state index in [1.807, 2.05) is 25.1 Å². The molecule has 0 unspecified atom stereocenters. The molecule has 0 spiro atoms. The lowest BCUT2D eigenvalue weighted by molar-refractivity contribution is -0.135. The number of nitrogens with one attached hydrogen (secondary N) is 1. The van der Waals surface area contributed by atoms with Gasteiger partial charge in [0.25, 0.3) is 0 Å². The summed E-state index contributed by atoms with van der Waals surface area (Å²) >= 11 is 0. The number of allylic oxidation sites excluding steroid dienone is 1. The first-order chi connectivity index (χ1) is 10.1. The van der Waals surface area contributed by atoms with Crippen LogP contribution in [0.3, 0.4) is 0 Å². The van der Waals surface area contributed by atoms with Gasteiger partial charge in [-0.05, 0) is 36.5 Å². The number of aryl methyl sites for hydroxylation is 1. The van der Waals surface area contributed by atoms with Crippen LogP contribution in [0.4, 0.5) is 0 Å². The van der Waals surface area contributed by atoms with E-state index in [-0.39, 0.29) is 13.0 Å². The van der Waals surface area contributed by atoms with Crippen molar-refractivity contribution in [2.24, 2.45) is 0 Å². The molecular weight excluding hydrogens is 266 g/mol. The maximum atomic E-state index is 11.0. The average molecular weight is 287 g/mol. The minimum atomic E-state index is -0.854. The molecule has 0 aliphatic carbocycles. The van der Waals surface area contributed by atoms with Crippen molar-refractivity contribution < 1.29 is 15.0 Å². The van der Waals surface area contributed by atoms with E-state index in [0.717, 1.165) is 34.2 Å². The fourth-order valence-electron chi connectivity index (χ4n) is 2.77. The highest BCUT2D eigenvalue weighted by molar-refractivity contribution is 5.94. The predicted molar refractivity (Wildman–Crippen MR) is 84.4 cm³/mol. The van der Waals surface area contributed by atoms with Crippen LogP contribution in [0.5, 0.6) is 0 Å². The maximum absolute atomic E-state index is 11.0. The zero-order valence-electron chi connectivity index (χ0n) is 12.4. The van der Waals surface area contributed by atoms with E-state index in [0.29, 0.717) is 6.42 Å². The van der Waals surface area contributed by atoms with Gasteiger partial charge in [-0.15, -0.1) is 0 Å². The summed E-state index contributed by atoms with van der Waals surface area (Å²) in [6.45, 7) is 3.97. The molecule has 0 saturated heterocycles. The summed E-state index contributed by atoms with van der Waals surface area (Å²) < 4.78 is 0. The molecule has 0 bridgehead atoms. The van der Waals surface area contributed by atoms with Crippen molar-refractivity contribution in [1.29, 1.82) is 0 Å². The van der Waals surface area contributed by atoms with Crippen LogP contribution in [-0.4, -0.2) is 27.8 Å². The van der Waals surface area contributed by atoms with E-state index in [4.69, 9.17) is 5.11 Å². The number of aliphatic hydroxyl groups is 1. The molecule has 1 aromatic carbocycles. The van der Waals surface area contributed by atoms with Gasteiger partial charge in [0.2, 0.25) is 0 Å². The van der Waals surface area contributed by atoms with Gasteiger partial charge < -0.3 is 15.2 Å². The second-order valence-corrected chi connectivity index (χ2v) is 5.03. The summed E-state index contributed by atoms with van der Waals surface area (Å²) in [6, 6.07) is 6.09. The van der Waals surface area contributed by atoms with E-state index in [1.54, 1.807) is 0 Å². The van der Waals surface area contributed by atoms with Gasteiger partial charge in [0.1, 0.15) is 0 Å².